The lowest BCUT2D eigenvalue weighted by atomic mass is 10.0. The number of carboxylic acids is 2. The van der Waals surface area contributed by atoms with Crippen LogP contribution in [0, 0.1) is 0 Å². The van der Waals surface area contributed by atoms with Gasteiger partial charge in [0.15, 0.2) is 11.9 Å². The van der Waals surface area contributed by atoms with E-state index in [0.717, 1.165) is 26.8 Å². The first-order valence-corrected chi connectivity index (χ1v) is 12.6. The second-order valence-electron chi connectivity index (χ2n) is 9.72. The first-order valence-electron chi connectivity index (χ1n) is 12.6. The monoisotopic (exact) mass is 538 g/mol. The normalized spacial score (nSPS) is 13.3. The molecule has 0 bridgehead atoms. The minimum absolute atomic E-state index is 0.00711. The van der Waals surface area contributed by atoms with Gasteiger partial charge in [0.1, 0.15) is 6.04 Å². The summed E-state index contributed by atoms with van der Waals surface area (Å²) in [6, 6.07) is 23.3. The van der Waals surface area contributed by atoms with Crippen molar-refractivity contribution in [2.24, 2.45) is 0 Å². The second-order valence-corrected chi connectivity index (χ2v) is 9.72. The first kappa shape index (κ1) is 26.6. The predicted molar refractivity (Wildman–Crippen MR) is 147 cm³/mol. The molecular weight excluding hydrogens is 512 g/mol. The molecule has 0 radical (unpaired) electrons. The largest absolute Gasteiger partial charge is 0.480 e. The van der Waals surface area contributed by atoms with E-state index in [2.05, 4.69) is 5.32 Å². The van der Waals surface area contributed by atoms with Crippen molar-refractivity contribution in [3.05, 3.63) is 107 Å². The summed E-state index contributed by atoms with van der Waals surface area (Å²) < 4.78 is 0. The Kier molecular flexibility index (Phi) is 7.31. The van der Waals surface area contributed by atoms with Gasteiger partial charge in [0.25, 0.3) is 0 Å². The summed E-state index contributed by atoms with van der Waals surface area (Å²) in [6.45, 7) is -0.746. The summed E-state index contributed by atoms with van der Waals surface area (Å²) >= 11 is 0. The van der Waals surface area contributed by atoms with Crippen molar-refractivity contribution >= 4 is 34.5 Å². The molecule has 0 fully saturated rings. The van der Waals surface area contributed by atoms with E-state index in [1.54, 1.807) is 36.4 Å². The van der Waals surface area contributed by atoms with Crippen LogP contribution < -0.4 is 5.32 Å². The van der Waals surface area contributed by atoms with Crippen LogP contribution in [0.3, 0.4) is 0 Å². The molecule has 0 aromatic heterocycles. The Morgan fingerprint density at radius 1 is 0.725 bits per heavy atom. The number of rotatable bonds is 9. The van der Waals surface area contributed by atoms with Crippen molar-refractivity contribution in [3.8, 4) is 11.1 Å². The molecule has 5 rings (SSSR count). The smallest absolute Gasteiger partial charge is 0.334 e. The van der Waals surface area contributed by atoms with Crippen LogP contribution in [0.2, 0.25) is 0 Å². The van der Waals surface area contributed by atoms with E-state index < -0.39 is 36.7 Å². The number of benzene rings is 4. The Labute approximate surface area is 229 Å². The Hall–Kier alpha value is -5.02. The Bertz CT molecular complexity index is 1650. The van der Waals surface area contributed by atoms with Gasteiger partial charge in [-0.1, -0.05) is 78.9 Å². The van der Waals surface area contributed by atoms with Crippen LogP contribution in [0.1, 0.15) is 27.0 Å². The molecule has 0 spiro atoms. The molecule has 9 nitrogen and oxygen atoms in total. The summed E-state index contributed by atoms with van der Waals surface area (Å²) in [5, 5.41) is 33.5. The maximum Gasteiger partial charge on any atom is 0.334 e. The molecule has 0 saturated carbocycles. The zero-order valence-electron chi connectivity index (χ0n) is 21.3. The van der Waals surface area contributed by atoms with Gasteiger partial charge in [-0.05, 0) is 39.1 Å². The molecule has 0 saturated heterocycles. The lowest BCUT2D eigenvalue weighted by Crippen LogP contribution is -2.51. The molecule has 4 aromatic carbocycles. The summed E-state index contributed by atoms with van der Waals surface area (Å²) in [4.78, 5) is 50.7. The van der Waals surface area contributed by atoms with Gasteiger partial charge in [-0.15, -0.1) is 0 Å². The molecule has 9 heteroatoms. The maximum absolute atomic E-state index is 13.3. The van der Waals surface area contributed by atoms with Crippen LogP contribution in [-0.2, 0) is 22.6 Å². The molecule has 202 valence electrons. The second kappa shape index (κ2) is 11.0. The molecule has 0 unspecified atom stereocenters. The lowest BCUT2D eigenvalue weighted by Gasteiger charge is -2.26. The fourth-order valence-electron chi connectivity index (χ4n) is 4.94. The average molecular weight is 539 g/mol. The van der Waals surface area contributed by atoms with Gasteiger partial charge in [0, 0.05) is 24.1 Å². The van der Waals surface area contributed by atoms with Gasteiger partial charge in [0.05, 0.1) is 6.54 Å². The Morgan fingerprint density at radius 3 is 2.10 bits per heavy atom. The van der Waals surface area contributed by atoms with E-state index in [1.807, 2.05) is 48.5 Å². The van der Waals surface area contributed by atoms with E-state index in [1.165, 1.54) is 0 Å². The third kappa shape index (κ3) is 5.41. The quantitative estimate of drug-likeness (QED) is 0.224. The molecule has 2 atom stereocenters. The lowest BCUT2D eigenvalue weighted by molar-refractivity contribution is -0.147. The number of amides is 2. The van der Waals surface area contributed by atoms with E-state index in [9.17, 15) is 34.5 Å². The number of aliphatic carboxylic acids is 2. The molecule has 0 heterocycles. The van der Waals surface area contributed by atoms with Crippen LogP contribution in [0.5, 0.6) is 0 Å². The van der Waals surface area contributed by atoms with Crippen molar-refractivity contribution < 1.29 is 34.5 Å². The summed E-state index contributed by atoms with van der Waals surface area (Å²) in [5.41, 5.74) is 3.81. The van der Waals surface area contributed by atoms with Crippen molar-refractivity contribution in [1.29, 1.82) is 0 Å². The number of hydrogen-bond acceptors (Lipinski definition) is 5. The van der Waals surface area contributed by atoms with Crippen molar-refractivity contribution in [2.45, 2.75) is 25.1 Å². The van der Waals surface area contributed by atoms with Gasteiger partial charge < -0.3 is 25.5 Å². The number of urea groups is 1. The highest BCUT2D eigenvalue weighted by molar-refractivity contribution is 6.21. The number of fused-ring (bicyclic) bond motifs is 4. The third-order valence-corrected chi connectivity index (χ3v) is 6.98. The minimum Gasteiger partial charge on any atom is -0.480 e. The number of carbonyl (C=O) groups excluding carboxylic acids is 2. The maximum atomic E-state index is 13.3. The summed E-state index contributed by atoms with van der Waals surface area (Å²) in [5.74, 6) is -2.94. The van der Waals surface area contributed by atoms with E-state index >= 15 is 0 Å². The van der Waals surface area contributed by atoms with E-state index in [4.69, 9.17) is 0 Å². The number of aliphatic hydroxyl groups excluding tert-OH is 1. The number of hydrogen-bond donors (Lipinski definition) is 4. The highest BCUT2D eigenvalue weighted by atomic mass is 16.4. The van der Waals surface area contributed by atoms with Crippen molar-refractivity contribution in [1.82, 2.24) is 10.2 Å². The number of nitrogens with zero attached hydrogens (tertiary/aromatic N) is 1. The Balaban J connectivity index is 1.37. The standard InChI is InChI=1S/C31H26N2O7/c34-27(30(38)39)17-33(16-19-10-12-23-22-7-3-4-8-24(22)28(35)25(23)14-19)31(40)32-26(29(36)37)15-18-9-11-20-5-1-2-6-21(20)13-18/h1-14,26-27,34H,15-17H2,(H,32,40)(H,36,37)(H,38,39)/t26-,27-/m0/s1. The van der Waals surface area contributed by atoms with Crippen LogP contribution in [-0.4, -0.2) is 62.7 Å². The third-order valence-electron chi connectivity index (χ3n) is 6.98. The Morgan fingerprint density at radius 2 is 1.38 bits per heavy atom. The number of nitrogens with one attached hydrogen (secondary N) is 1. The zero-order chi connectivity index (χ0) is 28.4. The molecule has 4 N–H and O–H groups in total. The summed E-state index contributed by atoms with van der Waals surface area (Å²) in [7, 11) is 0. The van der Waals surface area contributed by atoms with Gasteiger partial charge in [-0.25, -0.2) is 14.4 Å². The average Bonchev–Trinajstić information content (AvgIpc) is 3.23. The van der Waals surface area contributed by atoms with Crippen molar-refractivity contribution in [2.75, 3.05) is 6.54 Å². The summed E-state index contributed by atoms with van der Waals surface area (Å²) in [6.07, 6.45) is -1.90. The van der Waals surface area contributed by atoms with Gasteiger partial charge in [-0.2, -0.15) is 0 Å². The molecule has 4 aromatic rings. The number of ketones is 1. The van der Waals surface area contributed by atoms with Crippen LogP contribution in [0.4, 0.5) is 4.79 Å². The predicted octanol–water partition coefficient (Wildman–Crippen LogP) is 3.70. The molecular formula is C31H26N2O7. The zero-order valence-corrected chi connectivity index (χ0v) is 21.3. The molecule has 1 aliphatic rings. The van der Waals surface area contributed by atoms with Crippen LogP contribution in [0.25, 0.3) is 21.9 Å². The van der Waals surface area contributed by atoms with Gasteiger partial charge >= 0.3 is 18.0 Å². The topological polar surface area (TPSA) is 144 Å². The highest BCUT2D eigenvalue weighted by Crippen LogP contribution is 2.36. The number of carbonyl (C=O) groups is 4. The fraction of sp³-hybridized carbons (Fsp3) is 0.161. The fourth-order valence-corrected chi connectivity index (χ4v) is 4.94. The van der Waals surface area contributed by atoms with Crippen LogP contribution >= 0.6 is 0 Å². The molecule has 40 heavy (non-hydrogen) atoms. The first-order chi connectivity index (χ1) is 19.2. The number of carboxylic acid groups (broad SMARTS) is 2. The molecule has 1 aliphatic carbocycles. The highest BCUT2D eigenvalue weighted by Gasteiger charge is 2.29. The number of aliphatic hydroxyl groups is 1. The van der Waals surface area contributed by atoms with E-state index in [0.29, 0.717) is 22.3 Å². The van der Waals surface area contributed by atoms with Crippen molar-refractivity contribution in [3.63, 3.8) is 0 Å². The SMILES string of the molecule is O=C1c2ccccc2-c2ccc(CN(C[C@H](O)C(=O)O)C(=O)N[C@@H](Cc3ccc4ccccc4c3)C(=O)O)cc21. The van der Waals surface area contributed by atoms with Gasteiger partial charge in [0.2, 0.25) is 0 Å². The van der Waals surface area contributed by atoms with Gasteiger partial charge in [-0.3, -0.25) is 4.79 Å². The molecule has 2 amide bonds. The van der Waals surface area contributed by atoms with E-state index in [-0.39, 0.29) is 18.7 Å². The van der Waals surface area contributed by atoms with Crippen LogP contribution in [0.15, 0.2) is 84.9 Å². The molecule has 0 aliphatic heterocycles. The minimum atomic E-state index is -1.89.